The number of rotatable bonds is 1. The molecule has 4 aliphatic rings. The number of hydrogen-bond donors (Lipinski definition) is 2. The lowest BCUT2D eigenvalue weighted by Gasteiger charge is -2.64. The van der Waals surface area contributed by atoms with Crippen LogP contribution < -0.4 is 0 Å². The number of ether oxygens (including phenoxy) is 2. The third-order valence-electron chi connectivity index (χ3n) is 8.03. The molecule has 2 bridgehead atoms. The Morgan fingerprint density at radius 1 is 1.33 bits per heavy atom. The maximum absolute atomic E-state index is 13.3. The van der Waals surface area contributed by atoms with E-state index in [-0.39, 0.29) is 42.8 Å². The first-order valence-electron chi connectivity index (χ1n) is 9.82. The molecule has 6 nitrogen and oxygen atoms in total. The van der Waals surface area contributed by atoms with Crippen molar-refractivity contribution in [1.29, 1.82) is 0 Å². The topological polar surface area (TPSA) is 93.1 Å². The quantitative estimate of drug-likeness (QED) is 0.534. The summed E-state index contributed by atoms with van der Waals surface area (Å²) in [5, 5.41) is 21.7. The van der Waals surface area contributed by atoms with Crippen LogP contribution in [-0.2, 0) is 19.1 Å². The normalized spacial score (nSPS) is 50.7. The largest absolute Gasteiger partial charge is 0.462 e. The van der Waals surface area contributed by atoms with Gasteiger partial charge in [-0.2, -0.15) is 0 Å². The first-order chi connectivity index (χ1) is 12.4. The lowest BCUT2D eigenvalue weighted by atomic mass is 9.46. The SMILES string of the molecule is C=C1C(=O)C23COC4C(C)(C)C(O)CCC4(C)C2C(OC(C)=O)CC1(O)C3. The van der Waals surface area contributed by atoms with Crippen molar-refractivity contribution in [1.82, 2.24) is 0 Å². The molecular formula is C21H30O6. The highest BCUT2D eigenvalue weighted by atomic mass is 16.5. The molecule has 0 aromatic carbocycles. The van der Waals surface area contributed by atoms with Crippen LogP contribution in [0.3, 0.4) is 0 Å². The minimum Gasteiger partial charge on any atom is -0.462 e. The van der Waals surface area contributed by atoms with E-state index in [1.807, 2.05) is 13.8 Å². The van der Waals surface area contributed by atoms with Crippen molar-refractivity contribution in [2.45, 2.75) is 77.3 Å². The molecule has 4 fully saturated rings. The van der Waals surface area contributed by atoms with E-state index in [1.54, 1.807) is 0 Å². The Kier molecular flexibility index (Phi) is 3.84. The number of aliphatic hydroxyl groups is 2. The minimum absolute atomic E-state index is 0.159. The number of Topliss-reactive ketones (excluding diaryl/α,β-unsaturated/α-hetero) is 1. The van der Waals surface area contributed by atoms with Gasteiger partial charge >= 0.3 is 5.97 Å². The molecule has 1 heterocycles. The van der Waals surface area contributed by atoms with Gasteiger partial charge in [-0.15, -0.1) is 0 Å². The molecule has 7 unspecified atom stereocenters. The fourth-order valence-corrected chi connectivity index (χ4v) is 6.99. The van der Waals surface area contributed by atoms with E-state index in [2.05, 4.69) is 13.5 Å². The van der Waals surface area contributed by atoms with E-state index < -0.39 is 40.0 Å². The van der Waals surface area contributed by atoms with Gasteiger partial charge in [0, 0.05) is 35.7 Å². The lowest BCUT2D eigenvalue weighted by Crippen LogP contribution is -2.69. The highest BCUT2D eigenvalue weighted by Gasteiger charge is 2.74. The fraction of sp³-hybridized carbons (Fsp3) is 0.810. The molecule has 27 heavy (non-hydrogen) atoms. The Labute approximate surface area is 159 Å². The van der Waals surface area contributed by atoms with Gasteiger partial charge in [0.15, 0.2) is 5.78 Å². The predicted octanol–water partition coefficient (Wildman–Crippen LogP) is 1.77. The molecule has 0 amide bonds. The average molecular weight is 378 g/mol. The maximum atomic E-state index is 13.3. The van der Waals surface area contributed by atoms with E-state index in [0.717, 1.165) is 0 Å². The Hall–Kier alpha value is -1.24. The number of hydrogen-bond acceptors (Lipinski definition) is 6. The summed E-state index contributed by atoms with van der Waals surface area (Å²) in [7, 11) is 0. The van der Waals surface area contributed by atoms with Gasteiger partial charge < -0.3 is 19.7 Å². The second-order valence-electron chi connectivity index (χ2n) is 10.1. The summed E-state index contributed by atoms with van der Waals surface area (Å²) in [5.41, 5.74) is -3.00. The molecule has 1 saturated heterocycles. The van der Waals surface area contributed by atoms with Gasteiger partial charge in [0.2, 0.25) is 0 Å². The average Bonchev–Trinajstić information content (AvgIpc) is 2.68. The van der Waals surface area contributed by atoms with Gasteiger partial charge in [-0.25, -0.2) is 0 Å². The van der Waals surface area contributed by atoms with E-state index in [0.29, 0.717) is 12.8 Å². The number of carbonyl (C=O) groups excluding carboxylic acids is 2. The highest BCUT2D eigenvalue weighted by Crippen LogP contribution is 2.68. The molecule has 3 saturated carbocycles. The second-order valence-corrected chi connectivity index (χ2v) is 10.1. The van der Waals surface area contributed by atoms with Crippen molar-refractivity contribution in [3.05, 3.63) is 12.2 Å². The van der Waals surface area contributed by atoms with Crippen molar-refractivity contribution in [3.8, 4) is 0 Å². The van der Waals surface area contributed by atoms with Gasteiger partial charge in [-0.3, -0.25) is 9.59 Å². The summed E-state index contributed by atoms with van der Waals surface area (Å²) in [6.07, 6.45) is 0.390. The smallest absolute Gasteiger partial charge is 0.302 e. The number of carbonyl (C=O) groups is 2. The van der Waals surface area contributed by atoms with Crippen LogP contribution in [0.5, 0.6) is 0 Å². The molecule has 7 atom stereocenters. The molecule has 2 N–H and O–H groups in total. The molecule has 1 spiro atoms. The molecule has 150 valence electrons. The van der Waals surface area contributed by atoms with E-state index >= 15 is 0 Å². The zero-order chi connectivity index (χ0) is 20.0. The first kappa shape index (κ1) is 19.1. The van der Waals surface area contributed by atoms with Crippen molar-refractivity contribution in [2.75, 3.05) is 6.61 Å². The van der Waals surface area contributed by atoms with Crippen molar-refractivity contribution in [3.63, 3.8) is 0 Å². The molecular weight excluding hydrogens is 348 g/mol. The molecule has 0 aromatic rings. The van der Waals surface area contributed by atoms with Gasteiger partial charge in [-0.1, -0.05) is 27.4 Å². The summed E-state index contributed by atoms with van der Waals surface area (Å²) >= 11 is 0. The number of esters is 1. The summed E-state index contributed by atoms with van der Waals surface area (Å²) in [6.45, 7) is 11.5. The zero-order valence-corrected chi connectivity index (χ0v) is 16.6. The van der Waals surface area contributed by atoms with Gasteiger partial charge in [0.05, 0.1) is 29.8 Å². The van der Waals surface area contributed by atoms with Gasteiger partial charge in [0.1, 0.15) is 6.10 Å². The highest BCUT2D eigenvalue weighted by molar-refractivity contribution is 6.05. The zero-order valence-electron chi connectivity index (χ0n) is 16.6. The van der Waals surface area contributed by atoms with Crippen LogP contribution in [0.2, 0.25) is 0 Å². The summed E-state index contributed by atoms with van der Waals surface area (Å²) in [4.78, 5) is 25.1. The van der Waals surface area contributed by atoms with Gasteiger partial charge in [-0.05, 0) is 19.3 Å². The third-order valence-corrected chi connectivity index (χ3v) is 8.03. The molecule has 0 radical (unpaired) electrons. The molecule has 3 aliphatic carbocycles. The molecule has 4 rings (SSSR count). The van der Waals surface area contributed by atoms with E-state index in [1.165, 1.54) is 6.92 Å². The molecule has 0 aromatic heterocycles. The van der Waals surface area contributed by atoms with Crippen LogP contribution in [0.15, 0.2) is 12.2 Å². The van der Waals surface area contributed by atoms with Crippen molar-refractivity contribution in [2.24, 2.45) is 22.2 Å². The summed E-state index contributed by atoms with van der Waals surface area (Å²) < 4.78 is 12.0. The van der Waals surface area contributed by atoms with Crippen LogP contribution in [0.1, 0.15) is 53.4 Å². The number of fused-ring (bicyclic) bond motifs is 3. The molecule has 6 heteroatoms. The van der Waals surface area contributed by atoms with E-state index in [4.69, 9.17) is 9.47 Å². The van der Waals surface area contributed by atoms with Gasteiger partial charge in [0.25, 0.3) is 0 Å². The molecule has 1 aliphatic heterocycles. The Morgan fingerprint density at radius 2 is 2.00 bits per heavy atom. The fourth-order valence-electron chi connectivity index (χ4n) is 6.99. The monoisotopic (exact) mass is 378 g/mol. The summed E-state index contributed by atoms with van der Waals surface area (Å²) in [6, 6.07) is 0. The van der Waals surface area contributed by atoms with Crippen LogP contribution in [0, 0.1) is 22.2 Å². The Morgan fingerprint density at radius 3 is 2.63 bits per heavy atom. The maximum Gasteiger partial charge on any atom is 0.302 e. The number of aliphatic hydroxyl groups excluding tert-OH is 1. The predicted molar refractivity (Wildman–Crippen MR) is 96.7 cm³/mol. The standard InChI is InChI=1S/C21H30O6/c1-11-16(24)20-9-21(11,25)8-13(27-12(2)22)15(20)19(5)7-6-14(23)18(3,4)17(19)26-10-20/h13-15,17,23,25H,1,6-10H2,2-5H3. The third kappa shape index (κ3) is 2.23. The van der Waals surface area contributed by atoms with E-state index in [9.17, 15) is 19.8 Å². The van der Waals surface area contributed by atoms with Crippen LogP contribution in [0.25, 0.3) is 0 Å². The van der Waals surface area contributed by atoms with Crippen LogP contribution in [-0.4, -0.2) is 52.5 Å². The van der Waals surface area contributed by atoms with Crippen LogP contribution in [0.4, 0.5) is 0 Å². The van der Waals surface area contributed by atoms with Crippen molar-refractivity contribution < 1.29 is 29.3 Å². The van der Waals surface area contributed by atoms with Crippen LogP contribution >= 0.6 is 0 Å². The number of ketones is 1. The van der Waals surface area contributed by atoms with Crippen molar-refractivity contribution >= 4 is 11.8 Å². The summed E-state index contributed by atoms with van der Waals surface area (Å²) in [5.74, 6) is -0.848. The second kappa shape index (κ2) is 5.43. The Bertz CT molecular complexity index is 728. The minimum atomic E-state index is -1.34. The Balaban J connectivity index is 1.86. The first-order valence-corrected chi connectivity index (χ1v) is 9.82. The lowest BCUT2D eigenvalue weighted by molar-refractivity contribution is -0.283.